The number of aromatic nitrogens is 1. The molecule has 0 spiro atoms. The molecule has 0 aliphatic carbocycles. The average Bonchev–Trinajstić information content (AvgIpc) is 2.85. The van der Waals surface area contributed by atoms with E-state index in [9.17, 15) is 0 Å². The molecule has 0 aromatic carbocycles. The highest BCUT2D eigenvalue weighted by Crippen LogP contribution is 2.17. The van der Waals surface area contributed by atoms with E-state index in [2.05, 4.69) is 73.9 Å². The van der Waals surface area contributed by atoms with Crippen LogP contribution in [-0.4, -0.2) is 60.1 Å². The normalized spacial score (nSPS) is 19.9. The average molecular weight is 384 g/mol. The molecule has 5 nitrogen and oxygen atoms in total. The molecule has 1 fully saturated rings. The summed E-state index contributed by atoms with van der Waals surface area (Å²) in [6, 6.07) is 2.78. The van der Waals surface area contributed by atoms with Crippen LogP contribution in [0.4, 0.5) is 0 Å². The molecule has 1 unspecified atom stereocenters. The van der Waals surface area contributed by atoms with E-state index in [4.69, 9.17) is 0 Å². The number of aryl methyl sites for hydroxylation is 1. The minimum absolute atomic E-state index is 0.628. The van der Waals surface area contributed by atoms with Crippen LogP contribution in [-0.2, 0) is 13.6 Å². The highest BCUT2D eigenvalue weighted by Gasteiger charge is 2.21. The van der Waals surface area contributed by atoms with E-state index < -0.39 is 0 Å². The van der Waals surface area contributed by atoms with Gasteiger partial charge in [0.1, 0.15) is 0 Å². The minimum atomic E-state index is 0.628. The van der Waals surface area contributed by atoms with Crippen molar-refractivity contribution in [3.05, 3.63) is 22.4 Å². The molecule has 1 atom stereocenters. The topological polar surface area (TPSA) is 35.8 Å². The maximum Gasteiger partial charge on any atom is 0.193 e. The second-order valence-electron chi connectivity index (χ2n) is 6.32. The summed E-state index contributed by atoms with van der Waals surface area (Å²) >= 11 is 3.53. The smallest absolute Gasteiger partial charge is 0.193 e. The molecule has 0 amide bonds. The Morgan fingerprint density at radius 3 is 2.87 bits per heavy atom. The Morgan fingerprint density at radius 1 is 1.48 bits per heavy atom. The maximum atomic E-state index is 4.45. The van der Waals surface area contributed by atoms with Gasteiger partial charge in [0.2, 0.25) is 0 Å². The van der Waals surface area contributed by atoms with Crippen LogP contribution in [0.15, 0.2) is 21.7 Å². The predicted octanol–water partition coefficient (Wildman–Crippen LogP) is 2.67. The first-order chi connectivity index (χ1) is 11.0. The summed E-state index contributed by atoms with van der Waals surface area (Å²) in [5, 5.41) is 3.56. The van der Waals surface area contributed by atoms with E-state index >= 15 is 0 Å². The molecule has 1 aromatic heterocycles. The van der Waals surface area contributed by atoms with Gasteiger partial charge in [-0.2, -0.15) is 0 Å². The number of hydrogen-bond donors (Lipinski definition) is 1. The van der Waals surface area contributed by atoms with Gasteiger partial charge in [-0.05, 0) is 47.9 Å². The lowest BCUT2D eigenvalue weighted by Crippen LogP contribution is -2.49. The van der Waals surface area contributed by atoms with E-state index in [0.717, 1.165) is 30.1 Å². The fourth-order valence-corrected chi connectivity index (χ4v) is 3.91. The van der Waals surface area contributed by atoms with Gasteiger partial charge >= 0.3 is 0 Å². The van der Waals surface area contributed by atoms with Crippen LogP contribution in [0.2, 0.25) is 0 Å². The van der Waals surface area contributed by atoms with E-state index in [1.165, 1.54) is 31.5 Å². The number of aliphatic imine (C=N–C) groups is 1. The Bertz CT molecular complexity index is 525. The first kappa shape index (κ1) is 18.3. The molecule has 0 radical (unpaired) electrons. The van der Waals surface area contributed by atoms with Crippen molar-refractivity contribution in [1.29, 1.82) is 0 Å². The molecular weight excluding hydrogens is 354 g/mol. The lowest BCUT2D eigenvalue weighted by molar-refractivity contribution is 0.156. The Hall–Kier alpha value is -1.01. The Balaban J connectivity index is 1.90. The summed E-state index contributed by atoms with van der Waals surface area (Å²) in [6.07, 6.45) is 6.04. The van der Waals surface area contributed by atoms with Gasteiger partial charge < -0.3 is 14.8 Å². The number of nitrogens with one attached hydrogen (secondary N) is 1. The van der Waals surface area contributed by atoms with Crippen molar-refractivity contribution in [2.75, 3.05) is 33.7 Å². The van der Waals surface area contributed by atoms with Crippen LogP contribution in [0.3, 0.4) is 0 Å². The van der Waals surface area contributed by atoms with Crippen LogP contribution in [0.5, 0.6) is 0 Å². The van der Waals surface area contributed by atoms with Crippen LogP contribution in [0.25, 0.3) is 0 Å². The highest BCUT2D eigenvalue weighted by atomic mass is 79.9. The van der Waals surface area contributed by atoms with Gasteiger partial charge in [-0.15, -0.1) is 0 Å². The molecule has 1 aromatic rings. The number of guanidine groups is 1. The Morgan fingerprint density at radius 2 is 2.26 bits per heavy atom. The van der Waals surface area contributed by atoms with Crippen molar-refractivity contribution < 1.29 is 0 Å². The van der Waals surface area contributed by atoms with Crippen molar-refractivity contribution in [3.8, 4) is 0 Å². The first-order valence-electron chi connectivity index (χ1n) is 8.51. The number of piperidine rings is 1. The second kappa shape index (κ2) is 8.73. The summed E-state index contributed by atoms with van der Waals surface area (Å²) in [5.41, 5.74) is 1.26. The number of halogens is 1. The number of rotatable bonds is 5. The molecule has 130 valence electrons. The Labute approximate surface area is 148 Å². The van der Waals surface area contributed by atoms with Gasteiger partial charge in [0, 0.05) is 50.1 Å². The largest absolute Gasteiger partial charge is 0.355 e. The van der Waals surface area contributed by atoms with E-state index in [1.807, 2.05) is 7.05 Å². The third-order valence-electron chi connectivity index (χ3n) is 4.70. The van der Waals surface area contributed by atoms with Crippen molar-refractivity contribution >= 4 is 21.9 Å². The molecule has 23 heavy (non-hydrogen) atoms. The second-order valence-corrected chi connectivity index (χ2v) is 7.24. The van der Waals surface area contributed by atoms with Crippen molar-refractivity contribution in [1.82, 2.24) is 19.7 Å². The maximum absolute atomic E-state index is 4.45. The third kappa shape index (κ3) is 4.98. The number of nitrogens with zero attached hydrogens (tertiary/aromatic N) is 4. The molecule has 2 rings (SSSR count). The van der Waals surface area contributed by atoms with E-state index in [-0.39, 0.29) is 0 Å². The van der Waals surface area contributed by atoms with Gasteiger partial charge in [-0.1, -0.05) is 13.3 Å². The molecule has 1 aliphatic heterocycles. The lowest BCUT2D eigenvalue weighted by atomic mass is 10.0. The van der Waals surface area contributed by atoms with Crippen molar-refractivity contribution in [3.63, 3.8) is 0 Å². The summed E-state index contributed by atoms with van der Waals surface area (Å²) < 4.78 is 3.26. The van der Waals surface area contributed by atoms with Crippen molar-refractivity contribution in [2.24, 2.45) is 12.0 Å². The molecule has 1 aliphatic rings. The first-order valence-corrected chi connectivity index (χ1v) is 9.31. The fraction of sp³-hybridized carbons (Fsp3) is 0.706. The Kier molecular flexibility index (Phi) is 6.96. The predicted molar refractivity (Wildman–Crippen MR) is 101 cm³/mol. The van der Waals surface area contributed by atoms with Crippen LogP contribution in [0.1, 0.15) is 31.9 Å². The quantitative estimate of drug-likeness (QED) is 0.626. The van der Waals surface area contributed by atoms with Crippen LogP contribution in [0, 0.1) is 0 Å². The molecule has 1 N–H and O–H groups in total. The zero-order chi connectivity index (χ0) is 16.8. The summed E-state index contributed by atoms with van der Waals surface area (Å²) in [6.45, 7) is 6.44. The van der Waals surface area contributed by atoms with Gasteiger partial charge in [0.25, 0.3) is 0 Å². The highest BCUT2D eigenvalue weighted by molar-refractivity contribution is 9.10. The fourth-order valence-electron chi connectivity index (χ4n) is 3.34. The minimum Gasteiger partial charge on any atom is -0.355 e. The molecule has 0 bridgehead atoms. The summed E-state index contributed by atoms with van der Waals surface area (Å²) in [7, 11) is 6.03. The van der Waals surface area contributed by atoms with Gasteiger partial charge in [0.05, 0.1) is 6.54 Å². The lowest BCUT2D eigenvalue weighted by Gasteiger charge is -2.35. The van der Waals surface area contributed by atoms with Gasteiger partial charge in [0.15, 0.2) is 5.96 Å². The molecule has 0 saturated carbocycles. The van der Waals surface area contributed by atoms with Gasteiger partial charge in [-0.3, -0.25) is 9.89 Å². The molecular formula is C17H30BrN5. The molecule has 1 saturated heterocycles. The standard InChI is InChI=1S/C17H30BrN5/c1-5-23-9-7-6-8-15(23)11-20-17(19-2)22(4)13-16-10-14(18)12-21(16)3/h10,12,15H,5-9,11,13H2,1-4H3,(H,19,20). The monoisotopic (exact) mass is 383 g/mol. The number of likely N-dealkylation sites (tertiary alicyclic amines) is 1. The zero-order valence-corrected chi connectivity index (χ0v) is 16.4. The van der Waals surface area contributed by atoms with Gasteiger partial charge in [-0.25, -0.2) is 0 Å². The number of likely N-dealkylation sites (N-methyl/N-ethyl adjacent to an activating group) is 1. The van der Waals surface area contributed by atoms with Crippen LogP contribution >= 0.6 is 15.9 Å². The number of hydrogen-bond acceptors (Lipinski definition) is 2. The summed E-state index contributed by atoms with van der Waals surface area (Å²) in [5.74, 6) is 0.962. The van der Waals surface area contributed by atoms with Crippen molar-refractivity contribution in [2.45, 2.75) is 38.8 Å². The SMILES string of the molecule is CCN1CCCCC1CNC(=NC)N(C)Cc1cc(Br)cn1C. The van der Waals surface area contributed by atoms with Crippen LogP contribution < -0.4 is 5.32 Å². The molecule has 6 heteroatoms. The molecule has 2 heterocycles. The van der Waals surface area contributed by atoms with E-state index in [0.29, 0.717) is 6.04 Å². The van der Waals surface area contributed by atoms with E-state index in [1.54, 1.807) is 0 Å². The summed E-state index contributed by atoms with van der Waals surface area (Å²) in [4.78, 5) is 9.21. The third-order valence-corrected chi connectivity index (χ3v) is 5.13. The zero-order valence-electron chi connectivity index (χ0n) is 14.8.